The molecule has 0 fully saturated rings. The van der Waals surface area contributed by atoms with Crippen molar-refractivity contribution in [1.29, 1.82) is 0 Å². The zero-order chi connectivity index (χ0) is 18.7. The Morgan fingerprint density at radius 1 is 1.27 bits per heavy atom. The number of thiazole rings is 1. The molecule has 26 heavy (non-hydrogen) atoms. The predicted molar refractivity (Wildman–Crippen MR) is 95.4 cm³/mol. The average Bonchev–Trinajstić information content (AvgIpc) is 3.09. The summed E-state index contributed by atoms with van der Waals surface area (Å²) in [4.78, 5) is 31.1. The highest BCUT2D eigenvalue weighted by atomic mass is 32.1. The lowest BCUT2D eigenvalue weighted by Crippen LogP contribution is -2.15. The molecule has 0 bridgehead atoms. The first-order chi connectivity index (χ1) is 12.5. The van der Waals surface area contributed by atoms with Crippen LogP contribution in [0.3, 0.4) is 0 Å². The third-order valence-corrected chi connectivity index (χ3v) is 4.40. The summed E-state index contributed by atoms with van der Waals surface area (Å²) in [6.45, 7) is 0. The maximum absolute atomic E-state index is 11.9. The molecule has 0 aliphatic carbocycles. The molecule has 0 aliphatic heterocycles. The Bertz CT molecular complexity index is 1010. The van der Waals surface area contributed by atoms with Crippen LogP contribution in [0.2, 0.25) is 0 Å². The Hall–Kier alpha value is -3.53. The van der Waals surface area contributed by atoms with Crippen molar-refractivity contribution in [1.82, 2.24) is 4.98 Å². The zero-order valence-corrected chi connectivity index (χ0v) is 14.2. The highest BCUT2D eigenvalue weighted by Gasteiger charge is 2.13. The number of carbonyl (C=O) groups is 1. The van der Waals surface area contributed by atoms with Crippen molar-refractivity contribution in [2.45, 2.75) is 0 Å². The molecule has 0 amide bonds. The summed E-state index contributed by atoms with van der Waals surface area (Å²) in [7, 11) is 1.57. The number of benzene rings is 2. The van der Waals surface area contributed by atoms with E-state index in [-0.39, 0.29) is 17.1 Å². The van der Waals surface area contributed by atoms with Gasteiger partial charge in [-0.2, -0.15) is 0 Å². The van der Waals surface area contributed by atoms with Gasteiger partial charge in [-0.25, -0.2) is 9.78 Å². The van der Waals surface area contributed by atoms with Crippen LogP contribution in [-0.4, -0.2) is 28.8 Å². The number of carbonyl (C=O) groups excluding carboxylic acids is 1. The topological polar surface area (TPSA) is 130 Å². The fourth-order valence-electron chi connectivity index (χ4n) is 2.04. The number of aromatic nitrogens is 1. The standard InChI is InChI=1S/C16H12N4O5S/c1-24-11-6-7-12-13(8-11)26-15(18-12)14(17)19-25-16(21)9-2-4-10(5-3-9)20(22)23/h2-8H,1H3,(H2,17,19). The molecule has 9 nitrogen and oxygen atoms in total. The molecule has 1 aromatic heterocycles. The smallest absolute Gasteiger partial charge is 0.365 e. The Balaban J connectivity index is 1.75. The lowest BCUT2D eigenvalue weighted by Gasteiger charge is -1.99. The minimum Gasteiger partial charge on any atom is -0.497 e. The Kier molecular flexibility index (Phi) is 4.76. The number of oxime groups is 1. The van der Waals surface area contributed by atoms with Crippen LogP contribution in [0.4, 0.5) is 5.69 Å². The summed E-state index contributed by atoms with van der Waals surface area (Å²) < 4.78 is 6.00. The molecule has 0 saturated carbocycles. The average molecular weight is 372 g/mol. The molecule has 0 saturated heterocycles. The number of nitrogens with two attached hydrogens (primary N) is 1. The van der Waals surface area contributed by atoms with Crippen LogP contribution in [0.25, 0.3) is 10.2 Å². The first kappa shape index (κ1) is 17.3. The number of hydrogen-bond donors (Lipinski definition) is 1. The van der Waals surface area contributed by atoms with E-state index < -0.39 is 10.9 Å². The normalized spacial score (nSPS) is 11.3. The van der Waals surface area contributed by atoms with E-state index in [1.165, 1.54) is 35.6 Å². The molecule has 0 aliphatic rings. The van der Waals surface area contributed by atoms with Gasteiger partial charge in [0.05, 0.1) is 27.8 Å². The van der Waals surface area contributed by atoms with Crippen LogP contribution in [0, 0.1) is 10.1 Å². The van der Waals surface area contributed by atoms with Gasteiger partial charge in [-0.3, -0.25) is 10.1 Å². The van der Waals surface area contributed by atoms with Crippen LogP contribution >= 0.6 is 11.3 Å². The fourth-order valence-corrected chi connectivity index (χ4v) is 2.93. The Morgan fingerprint density at radius 3 is 2.65 bits per heavy atom. The van der Waals surface area contributed by atoms with E-state index in [9.17, 15) is 14.9 Å². The maximum atomic E-state index is 11.9. The van der Waals surface area contributed by atoms with Gasteiger partial charge in [0, 0.05) is 12.1 Å². The number of ether oxygens (including phenoxy) is 1. The first-order valence-electron chi connectivity index (χ1n) is 7.22. The number of amidine groups is 1. The number of rotatable bonds is 5. The summed E-state index contributed by atoms with van der Waals surface area (Å²) in [6.07, 6.45) is 0. The lowest BCUT2D eigenvalue weighted by molar-refractivity contribution is -0.384. The van der Waals surface area contributed by atoms with E-state index in [4.69, 9.17) is 15.3 Å². The molecule has 0 spiro atoms. The van der Waals surface area contributed by atoms with Gasteiger partial charge in [-0.15, -0.1) is 11.3 Å². The summed E-state index contributed by atoms with van der Waals surface area (Å²) >= 11 is 1.27. The third kappa shape index (κ3) is 3.59. The SMILES string of the molecule is COc1ccc2nc(/C(N)=N\OC(=O)c3ccc([N+](=O)[O-])cc3)sc2c1. The summed E-state index contributed by atoms with van der Waals surface area (Å²) in [5, 5.41) is 14.6. The highest BCUT2D eigenvalue weighted by Crippen LogP contribution is 2.26. The van der Waals surface area contributed by atoms with E-state index in [1.54, 1.807) is 19.2 Å². The van der Waals surface area contributed by atoms with Gasteiger partial charge in [-0.05, 0) is 30.3 Å². The number of nitro groups is 1. The second-order valence-electron chi connectivity index (χ2n) is 5.01. The van der Waals surface area contributed by atoms with E-state index >= 15 is 0 Å². The van der Waals surface area contributed by atoms with Crippen molar-refractivity contribution in [3.63, 3.8) is 0 Å². The molecule has 1 heterocycles. The molecule has 0 unspecified atom stereocenters. The Labute approximate surface area is 150 Å². The monoisotopic (exact) mass is 372 g/mol. The molecular formula is C16H12N4O5S. The van der Waals surface area contributed by atoms with Crippen molar-refractivity contribution >= 4 is 39.0 Å². The van der Waals surface area contributed by atoms with Gasteiger partial charge in [0.25, 0.3) is 5.69 Å². The van der Waals surface area contributed by atoms with Crippen molar-refractivity contribution in [2.24, 2.45) is 10.9 Å². The van der Waals surface area contributed by atoms with Gasteiger partial charge in [0.2, 0.25) is 0 Å². The number of nitro benzene ring substituents is 1. The number of methoxy groups -OCH3 is 1. The second-order valence-corrected chi connectivity index (χ2v) is 6.04. The van der Waals surface area contributed by atoms with E-state index in [0.29, 0.717) is 16.3 Å². The quantitative estimate of drug-likeness (QED) is 0.239. The first-order valence-corrected chi connectivity index (χ1v) is 8.04. The van der Waals surface area contributed by atoms with Crippen molar-refractivity contribution in [3.05, 3.63) is 63.1 Å². The number of nitrogens with zero attached hydrogens (tertiary/aromatic N) is 3. The largest absolute Gasteiger partial charge is 0.497 e. The van der Waals surface area contributed by atoms with Gasteiger partial charge < -0.3 is 15.3 Å². The predicted octanol–water partition coefficient (Wildman–Crippen LogP) is 2.69. The summed E-state index contributed by atoms with van der Waals surface area (Å²) in [6, 6.07) is 10.3. The number of fused-ring (bicyclic) bond motifs is 1. The molecule has 10 heteroatoms. The lowest BCUT2D eigenvalue weighted by atomic mass is 10.2. The number of hydrogen-bond acceptors (Lipinski definition) is 8. The van der Waals surface area contributed by atoms with Crippen molar-refractivity contribution in [3.8, 4) is 5.75 Å². The molecule has 3 rings (SSSR count). The van der Waals surface area contributed by atoms with E-state index in [0.717, 1.165) is 4.70 Å². The molecule has 0 atom stereocenters. The molecule has 0 radical (unpaired) electrons. The fraction of sp³-hybridized carbons (Fsp3) is 0.0625. The van der Waals surface area contributed by atoms with Crippen LogP contribution in [-0.2, 0) is 4.84 Å². The van der Waals surface area contributed by atoms with Gasteiger partial charge in [0.1, 0.15) is 5.75 Å². The van der Waals surface area contributed by atoms with E-state index in [2.05, 4.69) is 10.1 Å². The summed E-state index contributed by atoms with van der Waals surface area (Å²) in [5.41, 5.74) is 6.52. The van der Waals surface area contributed by atoms with Gasteiger partial charge in [0.15, 0.2) is 10.8 Å². The maximum Gasteiger partial charge on any atom is 0.365 e. The van der Waals surface area contributed by atoms with Crippen LogP contribution in [0.1, 0.15) is 15.4 Å². The molecular weight excluding hydrogens is 360 g/mol. The van der Waals surface area contributed by atoms with Crippen LogP contribution in [0.15, 0.2) is 47.6 Å². The van der Waals surface area contributed by atoms with Gasteiger partial charge >= 0.3 is 5.97 Å². The number of non-ortho nitro benzene ring substituents is 1. The molecule has 2 aromatic carbocycles. The molecule has 3 aromatic rings. The minimum atomic E-state index is -0.786. The zero-order valence-electron chi connectivity index (χ0n) is 13.4. The molecule has 2 N–H and O–H groups in total. The highest BCUT2D eigenvalue weighted by molar-refractivity contribution is 7.20. The third-order valence-electron chi connectivity index (χ3n) is 3.36. The van der Waals surface area contributed by atoms with Crippen molar-refractivity contribution < 1.29 is 19.3 Å². The Morgan fingerprint density at radius 2 is 2.00 bits per heavy atom. The molecule has 132 valence electrons. The second kappa shape index (κ2) is 7.15. The van der Waals surface area contributed by atoms with Crippen LogP contribution in [0.5, 0.6) is 5.75 Å². The van der Waals surface area contributed by atoms with E-state index in [1.807, 2.05) is 6.07 Å². The minimum absolute atomic E-state index is 0.0552. The van der Waals surface area contributed by atoms with Crippen molar-refractivity contribution in [2.75, 3.05) is 7.11 Å². The van der Waals surface area contributed by atoms with Crippen LogP contribution < -0.4 is 10.5 Å². The summed E-state index contributed by atoms with van der Waals surface area (Å²) in [5.74, 6) is -0.154. The van der Waals surface area contributed by atoms with Gasteiger partial charge in [-0.1, -0.05) is 5.16 Å².